The number of benzene rings is 2. The van der Waals surface area contributed by atoms with E-state index in [1.165, 1.54) is 6.33 Å². The summed E-state index contributed by atoms with van der Waals surface area (Å²) in [6, 6.07) is 11.2. The Morgan fingerprint density at radius 1 is 1.12 bits per heavy atom. The number of halogens is 2. The van der Waals surface area contributed by atoms with Gasteiger partial charge in [0.1, 0.15) is 24.2 Å². The molecule has 7 heteroatoms. The van der Waals surface area contributed by atoms with E-state index < -0.39 is 0 Å². The van der Waals surface area contributed by atoms with Crippen LogP contribution in [0.1, 0.15) is 18.5 Å². The van der Waals surface area contributed by atoms with Crippen LogP contribution in [0.2, 0.25) is 10.0 Å². The molecule has 0 radical (unpaired) electrons. The first-order valence-corrected chi connectivity index (χ1v) is 8.13. The lowest BCUT2D eigenvalue weighted by molar-refractivity contribution is 0.466. The summed E-state index contributed by atoms with van der Waals surface area (Å²) in [5, 5.41) is 8.31. The summed E-state index contributed by atoms with van der Waals surface area (Å²) in [6.07, 6.45) is 3.13. The molecule has 0 saturated heterocycles. The number of hydrogen-bond acceptors (Lipinski definition) is 4. The summed E-state index contributed by atoms with van der Waals surface area (Å²) in [4.78, 5) is 3.97. The SMILES string of the molecule is CNC(C)c1ccc(-n2cncn2)cc1Oc1ccc(Cl)c(Cl)c1. The standard InChI is InChI=1S/C17H16Cl2N4O/c1-11(20-2)14-5-3-12(23-10-21-9-22-23)7-17(14)24-13-4-6-15(18)16(19)8-13/h3-11,20H,1-2H3. The zero-order valence-corrected chi connectivity index (χ0v) is 14.7. The highest BCUT2D eigenvalue weighted by Crippen LogP contribution is 2.34. The maximum atomic E-state index is 6.08. The average molecular weight is 363 g/mol. The van der Waals surface area contributed by atoms with E-state index in [1.54, 1.807) is 29.2 Å². The molecule has 1 aromatic heterocycles. The highest BCUT2D eigenvalue weighted by molar-refractivity contribution is 6.42. The fourth-order valence-corrected chi connectivity index (χ4v) is 2.56. The molecular weight excluding hydrogens is 347 g/mol. The number of hydrogen-bond donors (Lipinski definition) is 1. The summed E-state index contributed by atoms with van der Waals surface area (Å²) >= 11 is 12.0. The van der Waals surface area contributed by atoms with Gasteiger partial charge < -0.3 is 10.1 Å². The van der Waals surface area contributed by atoms with Gasteiger partial charge in [0.2, 0.25) is 0 Å². The molecule has 0 aliphatic heterocycles. The molecule has 1 atom stereocenters. The van der Waals surface area contributed by atoms with Crippen LogP contribution in [0.4, 0.5) is 0 Å². The Labute approximate surface area is 150 Å². The monoisotopic (exact) mass is 362 g/mol. The summed E-state index contributed by atoms with van der Waals surface area (Å²) < 4.78 is 7.74. The summed E-state index contributed by atoms with van der Waals surface area (Å²) in [5.74, 6) is 1.33. The van der Waals surface area contributed by atoms with Gasteiger partial charge in [-0.05, 0) is 32.2 Å². The van der Waals surface area contributed by atoms with E-state index in [1.807, 2.05) is 25.2 Å². The molecule has 1 unspecified atom stereocenters. The summed E-state index contributed by atoms with van der Waals surface area (Å²) in [7, 11) is 1.90. The van der Waals surface area contributed by atoms with Crippen LogP contribution in [0.25, 0.3) is 5.69 Å². The molecule has 3 rings (SSSR count). The highest BCUT2D eigenvalue weighted by Gasteiger charge is 2.13. The highest BCUT2D eigenvalue weighted by atomic mass is 35.5. The van der Waals surface area contributed by atoms with Crippen molar-refractivity contribution in [3.05, 3.63) is 64.7 Å². The van der Waals surface area contributed by atoms with Gasteiger partial charge >= 0.3 is 0 Å². The molecule has 1 heterocycles. The minimum Gasteiger partial charge on any atom is -0.457 e. The molecule has 0 fully saturated rings. The van der Waals surface area contributed by atoms with Crippen molar-refractivity contribution < 1.29 is 4.74 Å². The summed E-state index contributed by atoms with van der Waals surface area (Å²) in [5.41, 5.74) is 1.88. The Hall–Kier alpha value is -2.08. The Kier molecular flexibility index (Phi) is 5.04. The van der Waals surface area contributed by atoms with Gasteiger partial charge in [0.05, 0.1) is 15.7 Å². The molecular formula is C17H16Cl2N4O. The Morgan fingerprint density at radius 2 is 1.96 bits per heavy atom. The second-order valence-corrected chi connectivity index (χ2v) is 6.06. The van der Waals surface area contributed by atoms with E-state index in [2.05, 4.69) is 22.3 Å². The van der Waals surface area contributed by atoms with E-state index in [4.69, 9.17) is 27.9 Å². The van der Waals surface area contributed by atoms with Gasteiger partial charge in [0.15, 0.2) is 0 Å². The third-order valence-electron chi connectivity index (χ3n) is 3.70. The zero-order chi connectivity index (χ0) is 17.1. The first-order valence-electron chi connectivity index (χ1n) is 7.37. The molecule has 0 saturated carbocycles. The van der Waals surface area contributed by atoms with Crippen LogP contribution in [-0.4, -0.2) is 21.8 Å². The van der Waals surface area contributed by atoms with Crippen molar-refractivity contribution in [2.45, 2.75) is 13.0 Å². The lowest BCUT2D eigenvalue weighted by Gasteiger charge is -2.18. The van der Waals surface area contributed by atoms with Crippen molar-refractivity contribution in [3.8, 4) is 17.2 Å². The molecule has 2 aromatic carbocycles. The smallest absolute Gasteiger partial charge is 0.138 e. The topological polar surface area (TPSA) is 52.0 Å². The molecule has 24 heavy (non-hydrogen) atoms. The second-order valence-electron chi connectivity index (χ2n) is 5.25. The third-order valence-corrected chi connectivity index (χ3v) is 4.44. The molecule has 1 N–H and O–H groups in total. The Bertz CT molecular complexity index is 837. The zero-order valence-electron chi connectivity index (χ0n) is 13.2. The Morgan fingerprint density at radius 3 is 2.62 bits per heavy atom. The van der Waals surface area contributed by atoms with Crippen LogP contribution in [0.3, 0.4) is 0 Å². The van der Waals surface area contributed by atoms with Gasteiger partial charge in [0, 0.05) is 23.7 Å². The number of ether oxygens (including phenoxy) is 1. The minimum atomic E-state index is 0.118. The van der Waals surface area contributed by atoms with Crippen molar-refractivity contribution in [2.24, 2.45) is 0 Å². The molecule has 0 aliphatic carbocycles. The summed E-state index contributed by atoms with van der Waals surface area (Å²) in [6.45, 7) is 2.06. The molecule has 0 amide bonds. The van der Waals surface area contributed by atoms with Crippen molar-refractivity contribution in [3.63, 3.8) is 0 Å². The predicted molar refractivity (Wildman–Crippen MR) is 95.4 cm³/mol. The maximum absolute atomic E-state index is 6.08. The lowest BCUT2D eigenvalue weighted by Crippen LogP contribution is -2.13. The molecule has 124 valence electrons. The normalized spacial score (nSPS) is 12.2. The largest absolute Gasteiger partial charge is 0.457 e. The fraction of sp³-hybridized carbons (Fsp3) is 0.176. The van der Waals surface area contributed by atoms with Gasteiger partial charge in [-0.1, -0.05) is 29.3 Å². The van der Waals surface area contributed by atoms with E-state index in [-0.39, 0.29) is 6.04 Å². The van der Waals surface area contributed by atoms with Crippen LogP contribution in [0.5, 0.6) is 11.5 Å². The van der Waals surface area contributed by atoms with E-state index in [9.17, 15) is 0 Å². The van der Waals surface area contributed by atoms with Crippen LogP contribution in [-0.2, 0) is 0 Å². The molecule has 3 aromatic rings. The van der Waals surface area contributed by atoms with E-state index >= 15 is 0 Å². The number of aromatic nitrogens is 3. The van der Waals surface area contributed by atoms with Gasteiger partial charge in [-0.25, -0.2) is 9.67 Å². The minimum absolute atomic E-state index is 0.118. The van der Waals surface area contributed by atoms with Gasteiger partial charge in [-0.15, -0.1) is 0 Å². The van der Waals surface area contributed by atoms with Gasteiger partial charge in [0.25, 0.3) is 0 Å². The lowest BCUT2D eigenvalue weighted by atomic mass is 10.1. The molecule has 5 nitrogen and oxygen atoms in total. The Balaban J connectivity index is 2.01. The van der Waals surface area contributed by atoms with Crippen LogP contribution < -0.4 is 10.1 Å². The number of nitrogens with zero attached hydrogens (tertiary/aromatic N) is 3. The van der Waals surface area contributed by atoms with Crippen LogP contribution in [0, 0.1) is 0 Å². The maximum Gasteiger partial charge on any atom is 0.138 e. The number of nitrogens with one attached hydrogen (secondary N) is 1. The molecule has 0 bridgehead atoms. The van der Waals surface area contributed by atoms with Crippen molar-refractivity contribution in [2.75, 3.05) is 7.05 Å². The molecule has 0 aliphatic rings. The number of rotatable bonds is 5. The van der Waals surface area contributed by atoms with Crippen LogP contribution in [0.15, 0.2) is 49.1 Å². The van der Waals surface area contributed by atoms with Crippen molar-refractivity contribution in [1.29, 1.82) is 0 Å². The fourth-order valence-electron chi connectivity index (χ4n) is 2.28. The van der Waals surface area contributed by atoms with Gasteiger partial charge in [-0.2, -0.15) is 5.10 Å². The van der Waals surface area contributed by atoms with E-state index in [0.29, 0.717) is 21.5 Å². The van der Waals surface area contributed by atoms with Crippen molar-refractivity contribution >= 4 is 23.2 Å². The van der Waals surface area contributed by atoms with Crippen LogP contribution >= 0.6 is 23.2 Å². The molecule has 0 spiro atoms. The second kappa shape index (κ2) is 7.21. The first-order chi connectivity index (χ1) is 11.6. The first kappa shape index (κ1) is 16.8. The third kappa shape index (κ3) is 3.53. The van der Waals surface area contributed by atoms with Gasteiger partial charge in [-0.3, -0.25) is 0 Å². The average Bonchev–Trinajstić information content (AvgIpc) is 3.12. The van der Waals surface area contributed by atoms with E-state index in [0.717, 1.165) is 11.3 Å². The van der Waals surface area contributed by atoms with Crippen molar-refractivity contribution in [1.82, 2.24) is 20.1 Å². The quantitative estimate of drug-likeness (QED) is 0.717. The predicted octanol–water partition coefficient (Wildman–Crippen LogP) is 4.65.